The number of para-hydroxylation sites is 2. The molecule has 10 rings (SSSR count). The van der Waals surface area contributed by atoms with Gasteiger partial charge in [0.1, 0.15) is 0 Å². The second-order valence-electron chi connectivity index (χ2n) is 12.8. The van der Waals surface area contributed by atoms with Gasteiger partial charge in [0, 0.05) is 43.0 Å². The number of thiophene rings is 1. The molecule has 2 aromatic heterocycles. The van der Waals surface area contributed by atoms with E-state index >= 15 is 0 Å². The van der Waals surface area contributed by atoms with E-state index in [4.69, 9.17) is 5.48 Å². The van der Waals surface area contributed by atoms with Crippen LogP contribution in [-0.2, 0) is 0 Å². The average Bonchev–Trinajstić information content (AvgIpc) is 3.94. The number of benzene rings is 8. The Balaban J connectivity index is 1.16. The molecule has 0 atom stereocenters. The average molecular weight is 702 g/mol. The highest BCUT2D eigenvalue weighted by molar-refractivity contribution is 7.18. The molecule has 0 aliphatic rings. The maximum atomic E-state index is 9.74. The number of hydrogen-bond donors (Lipinski definition) is 0. The Morgan fingerprint density at radius 3 is 1.96 bits per heavy atom. The molecule has 0 aliphatic heterocycles. The van der Waals surface area contributed by atoms with Gasteiger partial charge in [-0.3, -0.25) is 0 Å². The topological polar surface area (TPSA) is 8.17 Å². The molecule has 10 aromatic rings. The summed E-state index contributed by atoms with van der Waals surface area (Å²) in [5.74, 6) is 0. The van der Waals surface area contributed by atoms with E-state index in [0.717, 1.165) is 48.7 Å². The number of anilines is 3. The van der Waals surface area contributed by atoms with Crippen LogP contribution < -0.4 is 4.90 Å². The summed E-state index contributed by atoms with van der Waals surface area (Å²) in [6, 6.07) is 52.2. The maximum absolute atomic E-state index is 9.74. The van der Waals surface area contributed by atoms with E-state index < -0.39 is 12.1 Å². The van der Waals surface area contributed by atoms with Crippen molar-refractivity contribution in [3.63, 3.8) is 0 Å². The molecule has 250 valence electrons. The largest absolute Gasteiger partial charge is 0.310 e. The molecule has 0 radical (unpaired) electrons. The van der Waals surface area contributed by atoms with Crippen LogP contribution in [0.2, 0.25) is 0 Å². The number of rotatable bonds is 7. The van der Waals surface area contributed by atoms with Crippen molar-refractivity contribution < 1.29 is 9.60 Å². The minimum atomic E-state index is -0.423. The first-order valence-corrected chi connectivity index (χ1v) is 18.3. The van der Waals surface area contributed by atoms with Crippen molar-refractivity contribution in [3.8, 4) is 37.7 Å². The molecule has 0 spiro atoms. The van der Waals surface area contributed by atoms with Crippen molar-refractivity contribution in [1.82, 2.24) is 4.57 Å². The fourth-order valence-corrected chi connectivity index (χ4v) is 8.16. The SMILES string of the molecule is [2H]c1c([2H])c([2H])c2c(c1[2H])c1c([2H])c(-c3ccc(N(c4ccccc4)c4cccc5ccccc45)cc3)c([2H])c([2H])c1n2-c1cccc(-c2ccc(-c3ccccc3)s2)c1. The van der Waals surface area contributed by atoms with Gasteiger partial charge in [0.2, 0.25) is 0 Å². The van der Waals surface area contributed by atoms with Crippen LogP contribution in [0.4, 0.5) is 17.1 Å². The van der Waals surface area contributed by atoms with Crippen molar-refractivity contribution >= 4 is 61.0 Å². The third-order valence-electron chi connectivity index (χ3n) is 9.65. The summed E-state index contributed by atoms with van der Waals surface area (Å²) in [5, 5.41) is 2.53. The maximum Gasteiger partial charge on any atom is 0.0645 e. The predicted molar refractivity (Wildman–Crippen MR) is 227 cm³/mol. The molecule has 2 heterocycles. The molecule has 2 nitrogen and oxygen atoms in total. The Morgan fingerprint density at radius 1 is 0.453 bits per heavy atom. The van der Waals surface area contributed by atoms with Gasteiger partial charge in [0.05, 0.1) is 26.3 Å². The number of hydrogen-bond acceptors (Lipinski definition) is 2. The van der Waals surface area contributed by atoms with Crippen LogP contribution in [0.3, 0.4) is 0 Å². The van der Waals surface area contributed by atoms with E-state index in [-0.39, 0.29) is 57.6 Å². The highest BCUT2D eigenvalue weighted by atomic mass is 32.1. The Kier molecular flexibility index (Phi) is 6.07. The lowest BCUT2D eigenvalue weighted by molar-refractivity contribution is 1.18. The van der Waals surface area contributed by atoms with Gasteiger partial charge in [-0.2, -0.15) is 0 Å². The van der Waals surface area contributed by atoms with E-state index in [0.29, 0.717) is 11.3 Å². The summed E-state index contributed by atoms with van der Waals surface area (Å²) < 4.78 is 66.0. The highest BCUT2D eigenvalue weighted by Gasteiger charge is 2.17. The molecule has 0 saturated heterocycles. The Bertz CT molecular complexity index is 3280. The van der Waals surface area contributed by atoms with Crippen molar-refractivity contribution in [2.75, 3.05) is 4.90 Å². The lowest BCUT2D eigenvalue weighted by Crippen LogP contribution is -2.10. The molecule has 0 bridgehead atoms. The van der Waals surface area contributed by atoms with Crippen molar-refractivity contribution in [2.45, 2.75) is 0 Å². The first kappa shape index (κ1) is 24.5. The monoisotopic (exact) mass is 701 g/mol. The summed E-state index contributed by atoms with van der Waals surface area (Å²) in [7, 11) is 0. The Labute approximate surface area is 322 Å². The molecule has 3 heteroatoms. The van der Waals surface area contributed by atoms with Gasteiger partial charge in [-0.05, 0) is 100 Å². The molecule has 0 saturated carbocycles. The lowest BCUT2D eigenvalue weighted by atomic mass is 10.0. The number of fused-ring (bicyclic) bond motifs is 4. The summed E-state index contributed by atoms with van der Waals surface area (Å²) in [6.45, 7) is 0. The minimum absolute atomic E-state index is 0.0802. The molecule has 0 unspecified atom stereocenters. The molecule has 0 N–H and O–H groups in total. The summed E-state index contributed by atoms with van der Waals surface area (Å²) in [6.07, 6.45) is 0. The summed E-state index contributed by atoms with van der Waals surface area (Å²) in [4.78, 5) is 4.28. The van der Waals surface area contributed by atoms with Gasteiger partial charge < -0.3 is 9.47 Å². The molecule has 0 amide bonds. The third-order valence-corrected chi connectivity index (χ3v) is 10.8. The smallest absolute Gasteiger partial charge is 0.0645 e. The summed E-state index contributed by atoms with van der Waals surface area (Å²) >= 11 is 1.64. The first-order valence-electron chi connectivity index (χ1n) is 20.9. The van der Waals surface area contributed by atoms with Gasteiger partial charge in [0.25, 0.3) is 0 Å². The standard InChI is InChI=1S/C50H34N2S/c1-3-14-37(15-4-1)49-31-32-50(53-49)39-17-11-20-42(33-39)52-47-23-10-9-22-44(47)45-34-38(27-30-48(45)52)35-25-28-41(29-26-35)51(40-18-5-2-6-19-40)46-24-12-16-36-13-7-8-21-43(36)46/h1-34H/i9D,10D,22D,23D,27D,30D,34D. The number of nitrogens with zero attached hydrogens (tertiary/aromatic N) is 2. The Morgan fingerprint density at radius 2 is 1.11 bits per heavy atom. The second kappa shape index (κ2) is 13.1. The molecular formula is C50H34N2S. The predicted octanol–water partition coefficient (Wildman–Crippen LogP) is 14.5. The van der Waals surface area contributed by atoms with Crippen LogP contribution in [0.1, 0.15) is 9.60 Å². The van der Waals surface area contributed by atoms with Crippen LogP contribution in [0.5, 0.6) is 0 Å². The van der Waals surface area contributed by atoms with E-state index in [9.17, 15) is 4.11 Å². The van der Waals surface area contributed by atoms with Crippen molar-refractivity contribution in [1.29, 1.82) is 0 Å². The fraction of sp³-hybridized carbons (Fsp3) is 0. The van der Waals surface area contributed by atoms with Gasteiger partial charge in [-0.25, -0.2) is 0 Å². The van der Waals surface area contributed by atoms with E-state index in [1.165, 1.54) is 0 Å². The molecule has 53 heavy (non-hydrogen) atoms. The van der Waals surface area contributed by atoms with Crippen molar-refractivity contribution in [2.24, 2.45) is 0 Å². The van der Waals surface area contributed by atoms with Crippen molar-refractivity contribution in [3.05, 3.63) is 206 Å². The zero-order valence-electron chi connectivity index (χ0n) is 35.4. The molecule has 8 aromatic carbocycles. The van der Waals surface area contributed by atoms with Gasteiger partial charge in [-0.1, -0.05) is 133 Å². The van der Waals surface area contributed by atoms with Gasteiger partial charge in [0.15, 0.2) is 0 Å². The second-order valence-corrected chi connectivity index (χ2v) is 13.9. The van der Waals surface area contributed by atoms with Crippen LogP contribution in [-0.4, -0.2) is 4.57 Å². The molecule has 0 fully saturated rings. The van der Waals surface area contributed by atoms with E-state index in [2.05, 4.69) is 65.6 Å². The van der Waals surface area contributed by atoms with E-state index in [1.54, 1.807) is 15.9 Å². The highest BCUT2D eigenvalue weighted by Crippen LogP contribution is 2.41. The van der Waals surface area contributed by atoms with Gasteiger partial charge in [-0.15, -0.1) is 11.3 Å². The zero-order valence-corrected chi connectivity index (χ0v) is 29.2. The van der Waals surface area contributed by atoms with Crippen LogP contribution in [0, 0.1) is 0 Å². The van der Waals surface area contributed by atoms with Gasteiger partial charge >= 0.3 is 0 Å². The Hall–Kier alpha value is -6.68. The molecule has 0 aliphatic carbocycles. The summed E-state index contributed by atoms with van der Waals surface area (Å²) in [5.41, 5.74) is 6.48. The molecular weight excluding hydrogens is 661 g/mol. The third kappa shape index (κ3) is 5.59. The first-order chi connectivity index (χ1) is 29.2. The lowest BCUT2D eigenvalue weighted by Gasteiger charge is -2.27. The van der Waals surface area contributed by atoms with Crippen LogP contribution >= 0.6 is 11.3 Å². The van der Waals surface area contributed by atoms with Crippen LogP contribution in [0.15, 0.2) is 206 Å². The minimum Gasteiger partial charge on any atom is -0.310 e. The number of aromatic nitrogens is 1. The zero-order chi connectivity index (χ0) is 41.2. The van der Waals surface area contributed by atoms with E-state index in [1.807, 2.05) is 103 Å². The quantitative estimate of drug-likeness (QED) is 0.161. The normalized spacial score (nSPS) is 13.2. The fourth-order valence-electron chi connectivity index (χ4n) is 7.15. The van der Waals surface area contributed by atoms with Crippen LogP contribution in [0.25, 0.3) is 70.3 Å².